The van der Waals surface area contributed by atoms with Crippen LogP contribution in [0.4, 0.5) is 44.7 Å². The molecule has 0 amide bonds. The van der Waals surface area contributed by atoms with Crippen molar-refractivity contribution < 1.29 is 70.6 Å². The normalized spacial score (nSPS) is 12.4. The second-order valence-electron chi connectivity index (χ2n) is 10.4. The molecule has 1 aromatic heterocycles. The fourth-order valence-electron chi connectivity index (χ4n) is 4.48. The summed E-state index contributed by atoms with van der Waals surface area (Å²) in [6.07, 6.45) is -1.15. The fraction of sp³-hybridized carbons (Fsp3) is 0.0741. The molecule has 0 aliphatic rings. The van der Waals surface area contributed by atoms with Gasteiger partial charge in [0.1, 0.15) is 32.6 Å². The SMILES string of the molecule is Cc1cc(N=Nc2c(S(=O)(=O)O)cc3cc(N(C)c4nc(N)nc(F)n4)ccc3c2O)c(O)cc1N=Nc1cc(S(=O)(=O)O)ccc1S(=O)(=O)O.[Cu]. The average molecular weight is 827 g/mol. The van der Waals surface area contributed by atoms with Crippen LogP contribution in [0.15, 0.2) is 89.7 Å². The molecule has 5 aromatic rings. The Hall–Kier alpha value is -5.27. The van der Waals surface area contributed by atoms with Crippen LogP contribution in [0.1, 0.15) is 5.56 Å². The number of nitrogen functional groups attached to an aromatic ring is 1. The van der Waals surface area contributed by atoms with Gasteiger partial charge in [-0.25, -0.2) is 0 Å². The van der Waals surface area contributed by atoms with Gasteiger partial charge in [-0.15, -0.1) is 15.3 Å². The Balaban J connectivity index is 0.00000605. The van der Waals surface area contributed by atoms with Crippen molar-refractivity contribution in [3.05, 3.63) is 66.2 Å². The van der Waals surface area contributed by atoms with Crippen LogP contribution in [0.2, 0.25) is 0 Å². The summed E-state index contributed by atoms with van der Waals surface area (Å²) >= 11 is 0. The van der Waals surface area contributed by atoms with Gasteiger partial charge in [0.2, 0.25) is 11.9 Å². The van der Waals surface area contributed by atoms with Crippen molar-refractivity contribution in [2.75, 3.05) is 17.7 Å². The molecular weight excluding hydrogens is 805 g/mol. The van der Waals surface area contributed by atoms with Gasteiger partial charge >= 0.3 is 6.08 Å². The molecule has 1 heterocycles. The molecule has 0 fully saturated rings. The maximum atomic E-state index is 13.7. The Bertz CT molecular complexity index is 2650. The van der Waals surface area contributed by atoms with Crippen LogP contribution in [-0.2, 0) is 47.4 Å². The number of azo groups is 2. The van der Waals surface area contributed by atoms with E-state index >= 15 is 0 Å². The second-order valence-corrected chi connectivity index (χ2v) is 14.6. The molecule has 277 valence electrons. The van der Waals surface area contributed by atoms with Gasteiger partial charge in [0.25, 0.3) is 30.4 Å². The first-order valence-electron chi connectivity index (χ1n) is 13.6. The molecule has 20 nitrogen and oxygen atoms in total. The number of nitrogens with zero attached hydrogens (tertiary/aromatic N) is 8. The molecule has 0 aliphatic heterocycles. The summed E-state index contributed by atoms with van der Waals surface area (Å²) < 4.78 is 114. The molecule has 0 unspecified atom stereocenters. The molecule has 52 heavy (non-hydrogen) atoms. The number of fused-ring (bicyclic) bond motifs is 1. The largest absolute Gasteiger partial charge is 0.506 e. The molecule has 25 heteroatoms. The zero-order valence-corrected chi connectivity index (χ0v) is 29.3. The third kappa shape index (κ3) is 8.43. The Kier molecular flexibility index (Phi) is 10.9. The number of benzene rings is 4. The summed E-state index contributed by atoms with van der Waals surface area (Å²) in [4.78, 5) is 9.45. The van der Waals surface area contributed by atoms with Gasteiger partial charge in [-0.05, 0) is 66.4 Å². The number of nitrogens with two attached hydrogens (primary N) is 1. The minimum Gasteiger partial charge on any atom is -0.506 e. The summed E-state index contributed by atoms with van der Waals surface area (Å²) in [5.41, 5.74) is 4.14. The Morgan fingerprint density at radius 3 is 1.98 bits per heavy atom. The van der Waals surface area contributed by atoms with Crippen LogP contribution in [0, 0.1) is 13.0 Å². The first-order chi connectivity index (χ1) is 23.6. The number of hydrogen-bond acceptors (Lipinski definition) is 17. The second kappa shape index (κ2) is 14.4. The van der Waals surface area contributed by atoms with E-state index in [2.05, 4.69) is 35.4 Å². The third-order valence-electron chi connectivity index (χ3n) is 6.94. The van der Waals surface area contributed by atoms with Gasteiger partial charge in [-0.1, -0.05) is 0 Å². The zero-order valence-electron chi connectivity index (χ0n) is 25.9. The van der Waals surface area contributed by atoms with Crippen LogP contribution in [0.3, 0.4) is 0 Å². The summed E-state index contributed by atoms with van der Waals surface area (Å²) in [7, 11) is -13.3. The average Bonchev–Trinajstić information content (AvgIpc) is 3.02. The predicted molar refractivity (Wildman–Crippen MR) is 175 cm³/mol. The smallest absolute Gasteiger partial charge is 0.315 e. The predicted octanol–water partition coefficient (Wildman–Crippen LogP) is 4.80. The minimum absolute atomic E-state index is 0. The topological polar surface area (TPSA) is 321 Å². The molecule has 0 atom stereocenters. The Morgan fingerprint density at radius 1 is 0.731 bits per heavy atom. The maximum Gasteiger partial charge on any atom is 0.315 e. The van der Waals surface area contributed by atoms with Crippen LogP contribution < -0.4 is 10.6 Å². The minimum atomic E-state index is -5.06. The summed E-state index contributed by atoms with van der Waals surface area (Å²) in [5, 5.41) is 36.8. The van der Waals surface area contributed by atoms with Crippen molar-refractivity contribution in [3.8, 4) is 11.5 Å². The molecule has 0 saturated carbocycles. The van der Waals surface area contributed by atoms with Gasteiger partial charge in [0.15, 0.2) is 5.75 Å². The molecule has 1 radical (unpaired) electrons. The number of aryl methyl sites for hydroxylation is 1. The first kappa shape index (κ1) is 39.5. The molecule has 4 aromatic carbocycles. The number of phenols is 2. The van der Waals surface area contributed by atoms with Crippen molar-refractivity contribution in [2.24, 2.45) is 20.5 Å². The first-order valence-corrected chi connectivity index (χ1v) is 17.9. The van der Waals surface area contributed by atoms with Gasteiger partial charge in [0, 0.05) is 41.3 Å². The number of rotatable bonds is 9. The number of aromatic hydroxyl groups is 2. The number of halogens is 1. The summed E-state index contributed by atoms with van der Waals surface area (Å²) in [6.45, 7) is 1.43. The van der Waals surface area contributed by atoms with Crippen molar-refractivity contribution in [2.45, 2.75) is 21.6 Å². The molecule has 5 rings (SSSR count). The maximum absolute atomic E-state index is 13.7. The molecule has 0 bridgehead atoms. The molecule has 0 spiro atoms. The number of hydrogen-bond donors (Lipinski definition) is 6. The monoisotopic (exact) mass is 826 g/mol. The number of phenolic OH excluding ortho intramolecular Hbond substituents is 2. The molecule has 0 aliphatic carbocycles. The van der Waals surface area contributed by atoms with E-state index in [1.165, 1.54) is 43.1 Å². The van der Waals surface area contributed by atoms with E-state index in [4.69, 9.17) is 5.73 Å². The molecular formula is C27H22CuFN9O11S3. The van der Waals surface area contributed by atoms with E-state index in [0.29, 0.717) is 18.2 Å². The Labute approximate surface area is 303 Å². The van der Waals surface area contributed by atoms with E-state index in [1.807, 2.05) is 0 Å². The summed E-state index contributed by atoms with van der Waals surface area (Å²) in [5.74, 6) is -1.97. The van der Waals surface area contributed by atoms with E-state index in [1.54, 1.807) is 0 Å². The fourth-order valence-corrected chi connectivity index (χ4v) is 6.25. The molecule has 0 saturated heterocycles. The van der Waals surface area contributed by atoms with Gasteiger partial charge in [0.05, 0.1) is 10.6 Å². The standard InChI is InChI=1S/C27H22FN9O11S3.Cu/c1-12-7-18(20(38)11-17(12)33-35-19-10-15(49(40,41)42)4-6-21(19)50(43,44)45)34-36-23-22(51(46,47)48)9-13-8-14(3-5-16(13)24(23)39)37(2)27-31-25(28)30-26(29)32-27;/h3-11,38-39H,1-2H3,(H,40,41,42)(H,43,44,45)(H,46,47,48)(H2,29,30,31,32);. The van der Waals surface area contributed by atoms with Crippen LogP contribution in [0.25, 0.3) is 10.8 Å². The van der Waals surface area contributed by atoms with Crippen molar-refractivity contribution in [1.82, 2.24) is 15.0 Å². The van der Waals surface area contributed by atoms with E-state index < -0.39 is 79.9 Å². The van der Waals surface area contributed by atoms with Gasteiger partial charge in [-0.2, -0.15) is 49.7 Å². The quantitative estimate of drug-likeness (QED) is 0.0660. The van der Waals surface area contributed by atoms with E-state index in [9.17, 15) is 53.5 Å². The van der Waals surface area contributed by atoms with E-state index in [-0.39, 0.29) is 56.4 Å². The van der Waals surface area contributed by atoms with Crippen LogP contribution >= 0.6 is 0 Å². The van der Waals surface area contributed by atoms with Crippen LogP contribution in [0.5, 0.6) is 11.5 Å². The van der Waals surface area contributed by atoms with Crippen LogP contribution in [-0.4, -0.2) is 71.1 Å². The number of aromatic nitrogens is 3. The van der Waals surface area contributed by atoms with Gasteiger partial charge < -0.3 is 20.8 Å². The van der Waals surface area contributed by atoms with E-state index in [0.717, 1.165) is 12.1 Å². The van der Waals surface area contributed by atoms with Crippen molar-refractivity contribution >= 4 is 81.5 Å². The van der Waals surface area contributed by atoms with Crippen molar-refractivity contribution in [1.29, 1.82) is 0 Å². The third-order valence-corrected chi connectivity index (χ3v) is 9.55. The van der Waals surface area contributed by atoms with Gasteiger partial charge in [-0.3, -0.25) is 13.7 Å². The summed E-state index contributed by atoms with van der Waals surface area (Å²) in [6, 6.07) is 9.31. The molecule has 7 N–H and O–H groups in total. The van der Waals surface area contributed by atoms with Crippen molar-refractivity contribution in [3.63, 3.8) is 0 Å². The zero-order chi connectivity index (χ0) is 37.6. The Morgan fingerprint density at radius 2 is 1.37 bits per heavy atom. The number of anilines is 3.